The average Bonchev–Trinajstić information content (AvgIpc) is 3.48. The van der Waals surface area contributed by atoms with Crippen LogP contribution in [0.5, 0.6) is 0 Å². The number of aryl methyl sites for hydroxylation is 1. The third-order valence-corrected chi connectivity index (χ3v) is 6.57. The zero-order chi connectivity index (χ0) is 19.4. The van der Waals surface area contributed by atoms with E-state index in [1.54, 1.807) is 5.56 Å². The second-order valence-electron chi connectivity index (χ2n) is 8.65. The summed E-state index contributed by atoms with van der Waals surface area (Å²) in [6.07, 6.45) is 2.42. The summed E-state index contributed by atoms with van der Waals surface area (Å²) in [5.74, 6) is 1.41. The number of benzene rings is 3. The molecular formula is C25H27N3. The first-order valence-electron chi connectivity index (χ1n) is 10.2. The van der Waals surface area contributed by atoms with Crippen molar-refractivity contribution >= 4 is 16.6 Å². The topological polar surface area (TPSA) is 53.1 Å². The van der Waals surface area contributed by atoms with E-state index in [0.717, 1.165) is 18.7 Å². The van der Waals surface area contributed by atoms with Gasteiger partial charge in [-0.3, -0.25) is 5.41 Å². The average molecular weight is 370 g/mol. The lowest BCUT2D eigenvalue weighted by molar-refractivity contribution is 0.313. The van der Waals surface area contributed by atoms with Gasteiger partial charge in [0.05, 0.1) is 0 Å². The maximum absolute atomic E-state index is 7.68. The molecule has 0 aromatic heterocycles. The van der Waals surface area contributed by atoms with Crippen molar-refractivity contribution in [2.45, 2.75) is 38.1 Å². The van der Waals surface area contributed by atoms with Gasteiger partial charge in [-0.25, -0.2) is 0 Å². The first kappa shape index (κ1) is 17.4. The summed E-state index contributed by atoms with van der Waals surface area (Å²) in [4.78, 5) is 2.40. The first-order chi connectivity index (χ1) is 13.5. The zero-order valence-electron chi connectivity index (χ0n) is 16.6. The van der Waals surface area contributed by atoms with Gasteiger partial charge in [0, 0.05) is 18.7 Å². The molecule has 1 saturated carbocycles. The predicted molar refractivity (Wildman–Crippen MR) is 116 cm³/mol. The highest BCUT2D eigenvalue weighted by Crippen LogP contribution is 2.55. The van der Waals surface area contributed by atoms with Crippen LogP contribution in [0, 0.1) is 12.3 Å². The number of hydrogen-bond donors (Lipinski definition) is 2. The predicted octanol–water partition coefficient (Wildman–Crippen LogP) is 4.69. The van der Waals surface area contributed by atoms with Gasteiger partial charge in [0.2, 0.25) is 0 Å². The fraction of sp³-hybridized carbons (Fsp3) is 0.320. The monoisotopic (exact) mass is 369 g/mol. The van der Waals surface area contributed by atoms with Crippen LogP contribution in [0.15, 0.2) is 48.5 Å². The number of nitrogens with one attached hydrogen (secondary N) is 1. The van der Waals surface area contributed by atoms with E-state index in [1.165, 1.54) is 45.9 Å². The van der Waals surface area contributed by atoms with Crippen LogP contribution in [0.1, 0.15) is 51.6 Å². The molecule has 3 aromatic rings. The highest BCUT2D eigenvalue weighted by molar-refractivity contribution is 6.00. The number of fused-ring (bicyclic) bond motifs is 2. The van der Waals surface area contributed by atoms with Gasteiger partial charge < -0.3 is 10.6 Å². The van der Waals surface area contributed by atoms with E-state index in [2.05, 4.69) is 55.3 Å². The number of nitrogen functional groups attached to an aromatic ring is 1. The van der Waals surface area contributed by atoms with E-state index in [9.17, 15) is 0 Å². The third-order valence-electron chi connectivity index (χ3n) is 6.57. The van der Waals surface area contributed by atoms with Crippen molar-refractivity contribution in [2.75, 3.05) is 13.6 Å². The molecule has 0 saturated heterocycles. The molecule has 3 nitrogen and oxygen atoms in total. The normalized spacial score (nSPS) is 21.5. The van der Waals surface area contributed by atoms with Crippen LogP contribution in [0.2, 0.25) is 0 Å². The smallest absolute Gasteiger partial charge is 0.122 e. The van der Waals surface area contributed by atoms with Gasteiger partial charge in [-0.1, -0.05) is 42.5 Å². The molecule has 0 radical (unpaired) electrons. The van der Waals surface area contributed by atoms with E-state index in [-0.39, 0.29) is 5.84 Å². The van der Waals surface area contributed by atoms with Crippen molar-refractivity contribution in [1.82, 2.24) is 4.90 Å². The maximum atomic E-state index is 7.68. The Morgan fingerprint density at radius 1 is 1.00 bits per heavy atom. The third kappa shape index (κ3) is 3.00. The summed E-state index contributed by atoms with van der Waals surface area (Å²) in [6.45, 7) is 4.41. The Balaban J connectivity index is 1.43. The lowest BCUT2D eigenvalue weighted by atomic mass is 9.93. The number of likely N-dealkylation sites (N-methyl/N-ethyl adjacent to an activating group) is 1. The highest BCUT2D eigenvalue weighted by Gasteiger charge is 2.40. The minimum Gasteiger partial charge on any atom is -0.384 e. The van der Waals surface area contributed by atoms with Gasteiger partial charge in [-0.2, -0.15) is 0 Å². The van der Waals surface area contributed by atoms with Crippen LogP contribution in [0.25, 0.3) is 10.8 Å². The molecule has 0 amide bonds. The summed E-state index contributed by atoms with van der Waals surface area (Å²) in [5, 5.41) is 10.1. The number of rotatable bonds is 3. The molecule has 3 aromatic carbocycles. The summed E-state index contributed by atoms with van der Waals surface area (Å²) < 4.78 is 0. The van der Waals surface area contributed by atoms with Crippen LogP contribution in [0.4, 0.5) is 0 Å². The fourth-order valence-corrected chi connectivity index (χ4v) is 4.83. The second-order valence-corrected chi connectivity index (χ2v) is 8.65. The van der Waals surface area contributed by atoms with E-state index >= 15 is 0 Å². The van der Waals surface area contributed by atoms with Gasteiger partial charge in [-0.05, 0) is 83.3 Å². The van der Waals surface area contributed by atoms with Gasteiger partial charge in [0.25, 0.3) is 0 Å². The van der Waals surface area contributed by atoms with Crippen LogP contribution >= 0.6 is 0 Å². The molecule has 0 spiro atoms. The van der Waals surface area contributed by atoms with E-state index in [4.69, 9.17) is 11.1 Å². The molecule has 28 heavy (non-hydrogen) atoms. The molecule has 2 aliphatic rings. The molecular weight excluding hydrogens is 342 g/mol. The maximum Gasteiger partial charge on any atom is 0.122 e. The number of amidine groups is 1. The number of hydrogen-bond acceptors (Lipinski definition) is 2. The lowest BCUT2D eigenvalue weighted by Crippen LogP contribution is -2.26. The lowest BCUT2D eigenvalue weighted by Gasteiger charge is -2.25. The molecule has 2 atom stereocenters. The molecule has 5 rings (SSSR count). The molecule has 1 aliphatic heterocycles. The van der Waals surface area contributed by atoms with E-state index < -0.39 is 0 Å². The summed E-state index contributed by atoms with van der Waals surface area (Å²) in [6, 6.07) is 18.0. The Bertz CT molecular complexity index is 1100. The largest absolute Gasteiger partial charge is 0.384 e. The SMILES string of the molecule is Cc1cc(C2CC2c2ccc3c(c2)CCN(C)C3)cc2ccc(C(=N)N)cc12. The Hall–Kier alpha value is -2.65. The summed E-state index contributed by atoms with van der Waals surface area (Å²) in [7, 11) is 2.20. The van der Waals surface area contributed by atoms with Gasteiger partial charge in [0.1, 0.15) is 5.84 Å². The van der Waals surface area contributed by atoms with Gasteiger partial charge in [0.15, 0.2) is 0 Å². The van der Waals surface area contributed by atoms with Crippen LogP contribution in [-0.4, -0.2) is 24.3 Å². The molecule has 1 fully saturated rings. The van der Waals surface area contributed by atoms with Crippen LogP contribution in [-0.2, 0) is 13.0 Å². The van der Waals surface area contributed by atoms with Crippen LogP contribution < -0.4 is 5.73 Å². The Morgan fingerprint density at radius 2 is 1.82 bits per heavy atom. The minimum absolute atomic E-state index is 0.131. The van der Waals surface area contributed by atoms with Crippen molar-refractivity contribution in [2.24, 2.45) is 5.73 Å². The Labute approximate surface area is 166 Å². The van der Waals surface area contributed by atoms with E-state index in [0.29, 0.717) is 11.8 Å². The Kier molecular flexibility index (Phi) is 4.02. The standard InChI is InChI=1S/C25H27N3/c1-15-9-21(11-17-3-5-19(25(26)27)12-22(15)17)24-13-23(24)18-4-6-20-14-28(2)8-7-16(20)10-18/h3-6,9-12,23-24H,7-8,13-14H2,1-2H3,(H3,26,27). The number of nitrogens with two attached hydrogens (primary N) is 1. The van der Waals surface area contributed by atoms with Crippen molar-refractivity contribution in [1.29, 1.82) is 5.41 Å². The zero-order valence-corrected chi connectivity index (χ0v) is 16.6. The van der Waals surface area contributed by atoms with Gasteiger partial charge in [-0.15, -0.1) is 0 Å². The Morgan fingerprint density at radius 3 is 2.64 bits per heavy atom. The van der Waals surface area contributed by atoms with Crippen molar-refractivity contribution in [3.8, 4) is 0 Å². The van der Waals surface area contributed by atoms with Crippen LogP contribution in [0.3, 0.4) is 0 Å². The fourth-order valence-electron chi connectivity index (χ4n) is 4.83. The van der Waals surface area contributed by atoms with E-state index in [1.807, 2.05) is 12.1 Å². The molecule has 1 aliphatic carbocycles. The molecule has 142 valence electrons. The quantitative estimate of drug-likeness (QED) is 0.520. The molecule has 3 N–H and O–H groups in total. The molecule has 2 unspecified atom stereocenters. The minimum atomic E-state index is 0.131. The van der Waals surface area contributed by atoms with Gasteiger partial charge >= 0.3 is 0 Å². The summed E-state index contributed by atoms with van der Waals surface area (Å²) >= 11 is 0. The van der Waals surface area contributed by atoms with Crippen molar-refractivity contribution in [3.05, 3.63) is 81.9 Å². The molecule has 0 bridgehead atoms. The summed E-state index contributed by atoms with van der Waals surface area (Å²) in [5.41, 5.74) is 13.7. The van der Waals surface area contributed by atoms with Crippen molar-refractivity contribution < 1.29 is 0 Å². The molecule has 1 heterocycles. The van der Waals surface area contributed by atoms with Crippen molar-refractivity contribution in [3.63, 3.8) is 0 Å². The first-order valence-corrected chi connectivity index (χ1v) is 10.2. The molecule has 3 heteroatoms. The number of nitrogens with zero attached hydrogens (tertiary/aromatic N) is 1. The highest BCUT2D eigenvalue weighted by atomic mass is 15.1. The second kappa shape index (κ2) is 6.46.